The molecule has 0 fully saturated rings. The van der Waals surface area contributed by atoms with E-state index in [0.717, 1.165) is 28.0 Å². The van der Waals surface area contributed by atoms with Crippen LogP contribution in [-0.4, -0.2) is 0 Å². The van der Waals surface area contributed by atoms with Crippen LogP contribution >= 0.6 is 15.9 Å². The van der Waals surface area contributed by atoms with Crippen molar-refractivity contribution >= 4 is 27.3 Å². The third kappa shape index (κ3) is 2.76. The quantitative estimate of drug-likeness (QED) is 0.840. The highest BCUT2D eigenvalue weighted by molar-refractivity contribution is 9.10. The molecule has 3 heteroatoms. The van der Waals surface area contributed by atoms with Crippen LogP contribution in [0, 0.1) is 0 Å². The molecule has 16 heavy (non-hydrogen) atoms. The first-order valence-electron chi connectivity index (χ1n) is 5.08. The number of nitrogen functional groups attached to an aromatic ring is 1. The van der Waals surface area contributed by atoms with Crippen LogP contribution in [0.1, 0.15) is 5.56 Å². The van der Waals surface area contributed by atoms with E-state index in [1.54, 1.807) is 0 Å². The average molecular weight is 277 g/mol. The number of anilines is 2. The monoisotopic (exact) mass is 276 g/mol. The van der Waals surface area contributed by atoms with Gasteiger partial charge in [0.25, 0.3) is 0 Å². The maximum absolute atomic E-state index is 5.87. The summed E-state index contributed by atoms with van der Waals surface area (Å²) in [7, 11) is 0. The Morgan fingerprint density at radius 2 is 1.88 bits per heavy atom. The Labute approximate surface area is 104 Å². The lowest BCUT2D eigenvalue weighted by atomic mass is 10.2. The smallest absolute Gasteiger partial charge is 0.0421 e. The molecule has 82 valence electrons. The van der Waals surface area contributed by atoms with Gasteiger partial charge in [-0.05, 0) is 29.8 Å². The molecule has 0 spiro atoms. The van der Waals surface area contributed by atoms with Crippen LogP contribution in [-0.2, 0) is 6.54 Å². The first-order valence-corrected chi connectivity index (χ1v) is 5.88. The van der Waals surface area contributed by atoms with Gasteiger partial charge in [0.1, 0.15) is 0 Å². The molecule has 2 rings (SSSR count). The zero-order valence-electron chi connectivity index (χ0n) is 8.78. The number of hydrogen-bond acceptors (Lipinski definition) is 2. The van der Waals surface area contributed by atoms with Crippen LogP contribution in [0.4, 0.5) is 11.4 Å². The third-order valence-corrected chi connectivity index (χ3v) is 2.86. The van der Waals surface area contributed by atoms with E-state index < -0.39 is 0 Å². The summed E-state index contributed by atoms with van der Waals surface area (Å²) in [5, 5.41) is 3.33. The van der Waals surface area contributed by atoms with Crippen LogP contribution in [0.2, 0.25) is 0 Å². The second-order valence-electron chi connectivity index (χ2n) is 3.56. The largest absolute Gasteiger partial charge is 0.398 e. The molecule has 0 aliphatic carbocycles. The Kier molecular flexibility index (Phi) is 3.47. The maximum Gasteiger partial charge on any atom is 0.0421 e. The van der Waals surface area contributed by atoms with Crippen molar-refractivity contribution in [3.8, 4) is 0 Å². The van der Waals surface area contributed by atoms with E-state index in [1.165, 1.54) is 0 Å². The highest BCUT2D eigenvalue weighted by Crippen LogP contribution is 2.17. The van der Waals surface area contributed by atoms with Crippen molar-refractivity contribution in [3.05, 3.63) is 58.6 Å². The van der Waals surface area contributed by atoms with Crippen LogP contribution in [0.3, 0.4) is 0 Å². The van der Waals surface area contributed by atoms with E-state index in [-0.39, 0.29) is 0 Å². The topological polar surface area (TPSA) is 38.0 Å². The Balaban J connectivity index is 2.05. The van der Waals surface area contributed by atoms with Gasteiger partial charge in [-0.25, -0.2) is 0 Å². The second kappa shape index (κ2) is 5.03. The zero-order chi connectivity index (χ0) is 11.4. The van der Waals surface area contributed by atoms with Gasteiger partial charge in [0.15, 0.2) is 0 Å². The van der Waals surface area contributed by atoms with Gasteiger partial charge in [0, 0.05) is 22.4 Å². The van der Waals surface area contributed by atoms with Gasteiger partial charge < -0.3 is 11.1 Å². The molecule has 2 aromatic rings. The fourth-order valence-electron chi connectivity index (χ4n) is 1.49. The van der Waals surface area contributed by atoms with Crippen LogP contribution in [0.25, 0.3) is 0 Å². The van der Waals surface area contributed by atoms with Crippen LogP contribution < -0.4 is 11.1 Å². The summed E-state index contributed by atoms with van der Waals surface area (Å²) in [4.78, 5) is 0. The SMILES string of the molecule is Nc1ccccc1CNc1cccc(Br)c1. The number of nitrogens with two attached hydrogens (primary N) is 1. The molecule has 0 saturated carbocycles. The summed E-state index contributed by atoms with van der Waals surface area (Å²) in [6.07, 6.45) is 0. The molecule has 0 heterocycles. The maximum atomic E-state index is 5.87. The fraction of sp³-hybridized carbons (Fsp3) is 0.0769. The second-order valence-corrected chi connectivity index (χ2v) is 4.48. The highest BCUT2D eigenvalue weighted by atomic mass is 79.9. The van der Waals surface area contributed by atoms with Crippen molar-refractivity contribution < 1.29 is 0 Å². The number of halogens is 1. The predicted octanol–water partition coefficient (Wildman–Crippen LogP) is 3.64. The molecule has 0 unspecified atom stereocenters. The van der Waals surface area contributed by atoms with E-state index in [1.807, 2.05) is 48.5 Å². The van der Waals surface area contributed by atoms with Gasteiger partial charge in [-0.1, -0.05) is 40.2 Å². The first-order chi connectivity index (χ1) is 7.75. The van der Waals surface area contributed by atoms with E-state index in [4.69, 9.17) is 5.73 Å². The fourth-order valence-corrected chi connectivity index (χ4v) is 1.89. The molecule has 0 aliphatic rings. The molecule has 0 radical (unpaired) electrons. The molecular weight excluding hydrogens is 264 g/mol. The van der Waals surface area contributed by atoms with E-state index in [2.05, 4.69) is 21.2 Å². The van der Waals surface area contributed by atoms with Crippen molar-refractivity contribution in [1.29, 1.82) is 0 Å². The lowest BCUT2D eigenvalue weighted by Gasteiger charge is -2.08. The van der Waals surface area contributed by atoms with Crippen molar-refractivity contribution in [2.45, 2.75) is 6.54 Å². The summed E-state index contributed by atoms with van der Waals surface area (Å²) in [6, 6.07) is 16.0. The molecular formula is C13H13BrN2. The number of para-hydroxylation sites is 1. The minimum atomic E-state index is 0.739. The molecule has 0 aromatic heterocycles. The molecule has 0 atom stereocenters. The minimum absolute atomic E-state index is 0.739. The van der Waals surface area contributed by atoms with Crippen molar-refractivity contribution in [3.63, 3.8) is 0 Å². The summed E-state index contributed by atoms with van der Waals surface area (Å²) in [5.41, 5.74) is 8.88. The molecule has 0 bridgehead atoms. The number of nitrogens with one attached hydrogen (secondary N) is 1. The molecule has 2 nitrogen and oxygen atoms in total. The summed E-state index contributed by atoms with van der Waals surface area (Å²) in [6.45, 7) is 0.739. The van der Waals surface area contributed by atoms with Gasteiger partial charge >= 0.3 is 0 Å². The van der Waals surface area contributed by atoms with Gasteiger partial charge in [0.2, 0.25) is 0 Å². The Morgan fingerprint density at radius 3 is 2.62 bits per heavy atom. The van der Waals surface area contributed by atoms with Crippen molar-refractivity contribution in [2.75, 3.05) is 11.1 Å². The predicted molar refractivity (Wildman–Crippen MR) is 72.3 cm³/mol. The van der Waals surface area contributed by atoms with Crippen molar-refractivity contribution in [1.82, 2.24) is 0 Å². The number of rotatable bonds is 3. The van der Waals surface area contributed by atoms with E-state index >= 15 is 0 Å². The van der Waals surface area contributed by atoms with Gasteiger partial charge in [-0.3, -0.25) is 0 Å². The van der Waals surface area contributed by atoms with Gasteiger partial charge in [-0.15, -0.1) is 0 Å². The molecule has 0 amide bonds. The Morgan fingerprint density at radius 1 is 1.06 bits per heavy atom. The Bertz CT molecular complexity index is 483. The lowest BCUT2D eigenvalue weighted by Crippen LogP contribution is -2.02. The van der Waals surface area contributed by atoms with E-state index in [0.29, 0.717) is 0 Å². The summed E-state index contributed by atoms with van der Waals surface area (Å²) >= 11 is 3.44. The minimum Gasteiger partial charge on any atom is -0.398 e. The highest BCUT2D eigenvalue weighted by Gasteiger charge is 1.97. The average Bonchev–Trinajstić information content (AvgIpc) is 2.28. The normalized spacial score (nSPS) is 10.1. The molecule has 2 aromatic carbocycles. The third-order valence-electron chi connectivity index (χ3n) is 2.36. The first kappa shape index (κ1) is 11.0. The summed E-state index contributed by atoms with van der Waals surface area (Å²) in [5.74, 6) is 0. The van der Waals surface area contributed by atoms with Crippen LogP contribution in [0.15, 0.2) is 53.0 Å². The number of hydrogen-bond donors (Lipinski definition) is 2. The van der Waals surface area contributed by atoms with Gasteiger partial charge in [0.05, 0.1) is 0 Å². The standard InChI is InChI=1S/C13H13BrN2/c14-11-5-3-6-12(8-11)16-9-10-4-1-2-7-13(10)15/h1-8,16H,9,15H2. The van der Waals surface area contributed by atoms with Crippen LogP contribution in [0.5, 0.6) is 0 Å². The van der Waals surface area contributed by atoms with Gasteiger partial charge in [-0.2, -0.15) is 0 Å². The molecule has 3 N–H and O–H groups in total. The van der Waals surface area contributed by atoms with Crippen molar-refractivity contribution in [2.24, 2.45) is 0 Å². The summed E-state index contributed by atoms with van der Waals surface area (Å²) < 4.78 is 1.07. The molecule has 0 aliphatic heterocycles. The van der Waals surface area contributed by atoms with E-state index in [9.17, 15) is 0 Å². The Hall–Kier alpha value is -1.48. The number of benzene rings is 2. The molecule has 0 saturated heterocycles. The lowest BCUT2D eigenvalue weighted by molar-refractivity contribution is 1.15. The zero-order valence-corrected chi connectivity index (χ0v) is 10.4.